The summed E-state index contributed by atoms with van der Waals surface area (Å²) in [4.78, 5) is 13.8. The summed E-state index contributed by atoms with van der Waals surface area (Å²) in [5.74, 6) is 0. The standard InChI is InChI=1S/C12H15NO/c1-3-4-6-11-7-5-8-12(10(11)2)13-9-14/h5,7-8H,3-4,6H2,1-2H3. The van der Waals surface area contributed by atoms with Crippen molar-refractivity contribution in [2.24, 2.45) is 4.99 Å². The lowest BCUT2D eigenvalue weighted by molar-refractivity contribution is 0.565. The van der Waals surface area contributed by atoms with Gasteiger partial charge in [-0.05, 0) is 37.0 Å². The van der Waals surface area contributed by atoms with E-state index in [9.17, 15) is 4.79 Å². The monoisotopic (exact) mass is 189 g/mol. The molecule has 14 heavy (non-hydrogen) atoms. The minimum absolute atomic E-state index is 0.744. The molecule has 0 heterocycles. The second-order valence-electron chi connectivity index (χ2n) is 3.37. The van der Waals surface area contributed by atoms with Crippen molar-refractivity contribution >= 4 is 11.8 Å². The van der Waals surface area contributed by atoms with Crippen molar-refractivity contribution in [1.29, 1.82) is 0 Å². The van der Waals surface area contributed by atoms with Crippen LogP contribution in [0.1, 0.15) is 30.9 Å². The number of nitrogens with zero attached hydrogens (tertiary/aromatic N) is 1. The Morgan fingerprint density at radius 1 is 1.43 bits per heavy atom. The highest BCUT2D eigenvalue weighted by Crippen LogP contribution is 2.22. The van der Waals surface area contributed by atoms with E-state index in [-0.39, 0.29) is 0 Å². The van der Waals surface area contributed by atoms with Crippen LogP contribution in [0.15, 0.2) is 23.2 Å². The van der Waals surface area contributed by atoms with Gasteiger partial charge in [-0.2, -0.15) is 4.99 Å². The summed E-state index contributed by atoms with van der Waals surface area (Å²) in [6.07, 6.45) is 5.00. The molecule has 1 aromatic carbocycles. The topological polar surface area (TPSA) is 29.4 Å². The molecule has 0 aliphatic heterocycles. The van der Waals surface area contributed by atoms with Gasteiger partial charge in [-0.1, -0.05) is 25.5 Å². The molecule has 0 amide bonds. The summed E-state index contributed by atoms with van der Waals surface area (Å²) in [5.41, 5.74) is 3.13. The van der Waals surface area contributed by atoms with Crippen molar-refractivity contribution in [2.75, 3.05) is 0 Å². The molecule has 0 radical (unpaired) electrons. The van der Waals surface area contributed by atoms with Gasteiger partial charge in [-0.3, -0.25) is 0 Å². The highest BCUT2D eigenvalue weighted by Gasteiger charge is 2.01. The number of aryl methyl sites for hydroxylation is 1. The second kappa shape index (κ2) is 5.36. The third-order valence-corrected chi connectivity index (χ3v) is 2.38. The molecule has 0 saturated carbocycles. The van der Waals surface area contributed by atoms with E-state index >= 15 is 0 Å². The van der Waals surface area contributed by atoms with Crippen LogP contribution in [-0.4, -0.2) is 6.08 Å². The minimum Gasteiger partial charge on any atom is -0.211 e. The van der Waals surface area contributed by atoms with Crippen LogP contribution in [-0.2, 0) is 11.2 Å². The van der Waals surface area contributed by atoms with Crippen molar-refractivity contribution < 1.29 is 4.79 Å². The van der Waals surface area contributed by atoms with Gasteiger partial charge >= 0.3 is 0 Å². The van der Waals surface area contributed by atoms with E-state index < -0.39 is 0 Å². The lowest BCUT2D eigenvalue weighted by Crippen LogP contribution is -1.89. The molecule has 1 aromatic rings. The highest BCUT2D eigenvalue weighted by molar-refractivity contribution is 5.55. The first-order chi connectivity index (χ1) is 6.79. The van der Waals surface area contributed by atoms with Gasteiger partial charge in [0.2, 0.25) is 6.08 Å². The maximum atomic E-state index is 10.2. The van der Waals surface area contributed by atoms with Gasteiger partial charge in [0.1, 0.15) is 0 Å². The summed E-state index contributed by atoms with van der Waals surface area (Å²) < 4.78 is 0. The summed E-state index contributed by atoms with van der Waals surface area (Å²) in [6, 6.07) is 5.87. The van der Waals surface area contributed by atoms with Crippen LogP contribution in [0, 0.1) is 6.92 Å². The molecule has 0 bridgehead atoms. The zero-order valence-corrected chi connectivity index (χ0v) is 8.71. The third kappa shape index (κ3) is 2.54. The summed E-state index contributed by atoms with van der Waals surface area (Å²) >= 11 is 0. The van der Waals surface area contributed by atoms with Crippen molar-refractivity contribution in [1.82, 2.24) is 0 Å². The van der Waals surface area contributed by atoms with E-state index in [2.05, 4.69) is 18.0 Å². The van der Waals surface area contributed by atoms with Gasteiger partial charge in [-0.25, -0.2) is 4.79 Å². The first-order valence-corrected chi connectivity index (χ1v) is 4.96. The fraction of sp³-hybridized carbons (Fsp3) is 0.417. The van der Waals surface area contributed by atoms with Crippen LogP contribution in [0.2, 0.25) is 0 Å². The van der Waals surface area contributed by atoms with Crippen molar-refractivity contribution in [3.05, 3.63) is 29.3 Å². The van der Waals surface area contributed by atoms with Gasteiger partial charge < -0.3 is 0 Å². The Morgan fingerprint density at radius 2 is 2.21 bits per heavy atom. The largest absolute Gasteiger partial charge is 0.240 e. The van der Waals surface area contributed by atoms with Crippen LogP contribution in [0.5, 0.6) is 0 Å². The average molecular weight is 189 g/mol. The van der Waals surface area contributed by atoms with Crippen LogP contribution in [0.4, 0.5) is 5.69 Å². The Kier molecular flexibility index (Phi) is 4.09. The zero-order chi connectivity index (χ0) is 10.4. The zero-order valence-electron chi connectivity index (χ0n) is 8.71. The number of aliphatic imine (C=N–C) groups is 1. The fourth-order valence-corrected chi connectivity index (χ4v) is 1.48. The van der Waals surface area contributed by atoms with Crippen LogP contribution >= 0.6 is 0 Å². The molecule has 2 nitrogen and oxygen atoms in total. The Morgan fingerprint density at radius 3 is 2.86 bits per heavy atom. The molecule has 74 valence electrons. The smallest absolute Gasteiger partial charge is 0.211 e. The predicted molar refractivity (Wildman–Crippen MR) is 57.6 cm³/mol. The first kappa shape index (κ1) is 10.7. The molecule has 2 heteroatoms. The molecule has 0 aliphatic carbocycles. The molecule has 0 fully saturated rings. The van der Waals surface area contributed by atoms with Crippen molar-refractivity contribution in [3.63, 3.8) is 0 Å². The lowest BCUT2D eigenvalue weighted by atomic mass is 10.0. The highest BCUT2D eigenvalue weighted by atomic mass is 16.1. The first-order valence-electron chi connectivity index (χ1n) is 4.96. The van der Waals surface area contributed by atoms with Crippen molar-refractivity contribution in [3.8, 4) is 0 Å². The normalized spacial score (nSPS) is 9.57. The van der Waals surface area contributed by atoms with Crippen LogP contribution in [0.25, 0.3) is 0 Å². The predicted octanol–water partition coefficient (Wildman–Crippen LogP) is 3.30. The fourth-order valence-electron chi connectivity index (χ4n) is 1.48. The maximum Gasteiger partial charge on any atom is 0.240 e. The van der Waals surface area contributed by atoms with Crippen LogP contribution in [0.3, 0.4) is 0 Å². The van der Waals surface area contributed by atoms with E-state index in [1.165, 1.54) is 18.4 Å². The molecule has 0 aromatic heterocycles. The molecule has 0 aliphatic rings. The van der Waals surface area contributed by atoms with Crippen molar-refractivity contribution in [2.45, 2.75) is 33.1 Å². The second-order valence-corrected chi connectivity index (χ2v) is 3.37. The average Bonchev–Trinajstić information content (AvgIpc) is 2.20. The quantitative estimate of drug-likeness (QED) is 0.527. The number of hydrogen-bond donors (Lipinski definition) is 0. The summed E-state index contributed by atoms with van der Waals surface area (Å²) in [6.45, 7) is 4.17. The van der Waals surface area contributed by atoms with Gasteiger partial charge in [0.25, 0.3) is 0 Å². The van der Waals surface area contributed by atoms with E-state index in [0.717, 1.165) is 17.7 Å². The molecular formula is C12H15NO. The molecule has 0 spiro atoms. The number of carbonyl (C=O) groups excluding carboxylic acids is 1. The van der Waals surface area contributed by atoms with Gasteiger partial charge in [0.15, 0.2) is 0 Å². The molecule has 0 N–H and O–H groups in total. The van der Waals surface area contributed by atoms with E-state index in [0.29, 0.717) is 0 Å². The number of hydrogen-bond acceptors (Lipinski definition) is 2. The van der Waals surface area contributed by atoms with Gasteiger partial charge in [-0.15, -0.1) is 0 Å². The number of unbranched alkanes of at least 4 members (excludes halogenated alkanes) is 1. The maximum absolute atomic E-state index is 10.2. The SMILES string of the molecule is CCCCc1cccc(N=C=O)c1C. The Balaban J connectivity index is 2.94. The molecule has 0 saturated heterocycles. The Labute approximate surface area is 84.7 Å². The van der Waals surface area contributed by atoms with Crippen LogP contribution < -0.4 is 0 Å². The number of rotatable bonds is 4. The summed E-state index contributed by atoms with van der Waals surface area (Å²) in [7, 11) is 0. The lowest BCUT2D eigenvalue weighted by Gasteiger charge is -2.06. The molecular weight excluding hydrogens is 174 g/mol. The molecule has 1 rings (SSSR count). The minimum atomic E-state index is 0.744. The number of isocyanates is 1. The van der Waals surface area contributed by atoms with E-state index in [1.807, 2.05) is 19.1 Å². The number of benzene rings is 1. The Hall–Kier alpha value is -1.40. The third-order valence-electron chi connectivity index (χ3n) is 2.38. The van der Waals surface area contributed by atoms with E-state index in [4.69, 9.17) is 0 Å². The van der Waals surface area contributed by atoms with Gasteiger partial charge in [0.05, 0.1) is 5.69 Å². The van der Waals surface area contributed by atoms with E-state index in [1.54, 1.807) is 6.08 Å². The summed E-state index contributed by atoms with van der Waals surface area (Å²) in [5, 5.41) is 0. The molecule has 0 unspecified atom stereocenters. The molecule has 0 atom stereocenters. The Bertz CT molecular complexity index is 351. The van der Waals surface area contributed by atoms with Gasteiger partial charge in [0, 0.05) is 0 Å².